The second-order valence-corrected chi connectivity index (χ2v) is 6.15. The van der Waals surface area contributed by atoms with Gasteiger partial charge in [0.05, 0.1) is 20.8 Å². The molecule has 1 amide bonds. The van der Waals surface area contributed by atoms with Crippen LogP contribution in [0, 0.1) is 6.92 Å². The molecule has 0 aliphatic rings. The van der Waals surface area contributed by atoms with E-state index in [2.05, 4.69) is 20.8 Å². The number of anilines is 2. The van der Waals surface area contributed by atoms with Gasteiger partial charge in [-0.25, -0.2) is 0 Å². The Labute approximate surface area is 162 Å². The molecule has 3 aromatic rings. The Morgan fingerprint density at radius 1 is 1.11 bits per heavy atom. The maximum absolute atomic E-state index is 11.2. The SMILES string of the molecule is COc1ccc(-c2noc(CNc3cc(NC(C)=O)ccc3C)n2)cc1OC. The van der Waals surface area contributed by atoms with Crippen LogP contribution in [0.4, 0.5) is 11.4 Å². The molecule has 28 heavy (non-hydrogen) atoms. The molecule has 0 unspecified atom stereocenters. The average molecular weight is 382 g/mol. The minimum atomic E-state index is -0.119. The van der Waals surface area contributed by atoms with Gasteiger partial charge in [0.25, 0.3) is 0 Å². The first-order valence-corrected chi connectivity index (χ1v) is 8.67. The number of aryl methyl sites for hydroxylation is 1. The van der Waals surface area contributed by atoms with Gasteiger partial charge in [0.2, 0.25) is 17.6 Å². The number of aromatic nitrogens is 2. The van der Waals surface area contributed by atoms with Gasteiger partial charge >= 0.3 is 0 Å². The van der Waals surface area contributed by atoms with Crippen molar-refractivity contribution in [2.24, 2.45) is 0 Å². The van der Waals surface area contributed by atoms with Gasteiger partial charge in [0.15, 0.2) is 11.5 Å². The molecule has 0 aliphatic heterocycles. The minimum absolute atomic E-state index is 0.119. The number of hydrogen-bond donors (Lipinski definition) is 2. The van der Waals surface area contributed by atoms with Crippen LogP contribution >= 0.6 is 0 Å². The van der Waals surface area contributed by atoms with E-state index in [1.165, 1.54) is 6.92 Å². The number of nitrogens with zero attached hydrogens (tertiary/aromatic N) is 2. The van der Waals surface area contributed by atoms with Crippen LogP contribution in [0.1, 0.15) is 18.4 Å². The summed E-state index contributed by atoms with van der Waals surface area (Å²) in [7, 11) is 3.16. The van der Waals surface area contributed by atoms with Crippen molar-refractivity contribution < 1.29 is 18.8 Å². The second-order valence-electron chi connectivity index (χ2n) is 6.15. The summed E-state index contributed by atoms with van der Waals surface area (Å²) in [5, 5.41) is 10.0. The molecule has 0 bridgehead atoms. The fraction of sp³-hybridized carbons (Fsp3) is 0.250. The molecule has 0 aliphatic carbocycles. The molecule has 2 aromatic carbocycles. The van der Waals surface area contributed by atoms with Crippen LogP contribution in [-0.2, 0) is 11.3 Å². The van der Waals surface area contributed by atoms with Gasteiger partial charge in [-0.15, -0.1) is 0 Å². The Balaban J connectivity index is 1.73. The third-order valence-electron chi connectivity index (χ3n) is 4.10. The molecular weight excluding hydrogens is 360 g/mol. The zero-order chi connectivity index (χ0) is 20.1. The van der Waals surface area contributed by atoms with Crippen molar-refractivity contribution >= 4 is 17.3 Å². The number of nitrogens with one attached hydrogen (secondary N) is 2. The molecule has 1 aromatic heterocycles. The smallest absolute Gasteiger partial charge is 0.246 e. The Morgan fingerprint density at radius 2 is 1.89 bits per heavy atom. The normalized spacial score (nSPS) is 10.4. The van der Waals surface area contributed by atoms with Crippen molar-refractivity contribution in [2.75, 3.05) is 24.9 Å². The summed E-state index contributed by atoms with van der Waals surface area (Å²) >= 11 is 0. The largest absolute Gasteiger partial charge is 0.493 e. The van der Waals surface area contributed by atoms with Crippen molar-refractivity contribution in [3.8, 4) is 22.9 Å². The Morgan fingerprint density at radius 3 is 2.61 bits per heavy atom. The molecule has 0 fully saturated rings. The highest BCUT2D eigenvalue weighted by Gasteiger charge is 2.12. The van der Waals surface area contributed by atoms with Crippen LogP contribution in [-0.4, -0.2) is 30.3 Å². The van der Waals surface area contributed by atoms with Gasteiger partial charge in [-0.1, -0.05) is 11.2 Å². The van der Waals surface area contributed by atoms with Crippen molar-refractivity contribution in [3.63, 3.8) is 0 Å². The lowest BCUT2D eigenvalue weighted by Crippen LogP contribution is -2.07. The lowest BCUT2D eigenvalue weighted by Gasteiger charge is -2.10. The first-order valence-electron chi connectivity index (χ1n) is 8.67. The standard InChI is InChI=1S/C20H22N4O4/c1-12-5-7-15(22-13(2)25)10-16(12)21-11-19-23-20(24-28-19)14-6-8-17(26-3)18(9-14)27-4/h5-10,21H,11H2,1-4H3,(H,22,25). The van der Waals surface area contributed by atoms with Crippen LogP contribution in [0.2, 0.25) is 0 Å². The summed E-state index contributed by atoms with van der Waals surface area (Å²) < 4.78 is 15.9. The third kappa shape index (κ3) is 4.40. The predicted octanol–water partition coefficient (Wildman–Crippen LogP) is 3.63. The second kappa shape index (κ2) is 8.43. The highest BCUT2D eigenvalue weighted by molar-refractivity contribution is 5.89. The van der Waals surface area contributed by atoms with Crippen molar-refractivity contribution in [3.05, 3.63) is 47.9 Å². The van der Waals surface area contributed by atoms with Gasteiger partial charge in [0, 0.05) is 23.9 Å². The summed E-state index contributed by atoms with van der Waals surface area (Å²) in [6, 6.07) is 11.1. The summed E-state index contributed by atoms with van der Waals surface area (Å²) in [6.45, 7) is 3.80. The fourth-order valence-corrected chi connectivity index (χ4v) is 2.68. The summed E-state index contributed by atoms with van der Waals surface area (Å²) in [4.78, 5) is 15.7. The molecular formula is C20H22N4O4. The van der Waals surface area contributed by atoms with Crippen molar-refractivity contribution in [1.29, 1.82) is 0 Å². The third-order valence-corrected chi connectivity index (χ3v) is 4.10. The quantitative estimate of drug-likeness (QED) is 0.644. The van der Waals surface area contributed by atoms with Crippen LogP contribution < -0.4 is 20.1 Å². The zero-order valence-corrected chi connectivity index (χ0v) is 16.2. The highest BCUT2D eigenvalue weighted by Crippen LogP contribution is 2.31. The molecule has 2 N–H and O–H groups in total. The van der Waals surface area contributed by atoms with Crippen molar-refractivity contribution in [1.82, 2.24) is 10.1 Å². The first-order chi connectivity index (χ1) is 13.5. The van der Waals surface area contributed by atoms with E-state index in [0.29, 0.717) is 29.8 Å². The van der Waals surface area contributed by atoms with Crippen LogP contribution in [0.5, 0.6) is 11.5 Å². The van der Waals surface area contributed by atoms with Gasteiger partial charge in [0.1, 0.15) is 0 Å². The van der Waals surface area contributed by atoms with E-state index in [4.69, 9.17) is 14.0 Å². The number of amides is 1. The van der Waals surface area contributed by atoms with Gasteiger partial charge < -0.3 is 24.6 Å². The van der Waals surface area contributed by atoms with E-state index in [1.807, 2.05) is 31.2 Å². The van der Waals surface area contributed by atoms with Crippen LogP contribution in [0.3, 0.4) is 0 Å². The van der Waals surface area contributed by atoms with Gasteiger partial charge in [-0.2, -0.15) is 4.98 Å². The molecule has 3 rings (SSSR count). The topological polar surface area (TPSA) is 98.5 Å². The number of ether oxygens (including phenoxy) is 2. The molecule has 8 heteroatoms. The Kier molecular flexibility index (Phi) is 5.78. The number of hydrogen-bond acceptors (Lipinski definition) is 7. The summed E-state index contributed by atoms with van der Waals surface area (Å²) in [5.74, 6) is 2.00. The average Bonchev–Trinajstić information content (AvgIpc) is 3.16. The van der Waals surface area contributed by atoms with Crippen molar-refractivity contribution in [2.45, 2.75) is 20.4 Å². The molecule has 146 valence electrons. The minimum Gasteiger partial charge on any atom is -0.493 e. The molecule has 8 nitrogen and oxygen atoms in total. The molecule has 0 saturated heterocycles. The lowest BCUT2D eigenvalue weighted by atomic mass is 10.1. The molecule has 0 spiro atoms. The molecule has 0 atom stereocenters. The maximum atomic E-state index is 11.2. The number of methoxy groups -OCH3 is 2. The molecule has 0 radical (unpaired) electrons. The predicted molar refractivity (Wildman–Crippen MR) is 106 cm³/mol. The lowest BCUT2D eigenvalue weighted by molar-refractivity contribution is -0.114. The van der Waals surface area contributed by atoms with E-state index < -0.39 is 0 Å². The van der Waals surface area contributed by atoms with E-state index >= 15 is 0 Å². The van der Waals surface area contributed by atoms with Crippen LogP contribution in [0.15, 0.2) is 40.9 Å². The van der Waals surface area contributed by atoms with E-state index in [-0.39, 0.29) is 5.91 Å². The van der Waals surface area contributed by atoms with E-state index in [9.17, 15) is 4.79 Å². The van der Waals surface area contributed by atoms with Crippen LogP contribution in [0.25, 0.3) is 11.4 Å². The maximum Gasteiger partial charge on any atom is 0.246 e. The number of benzene rings is 2. The first kappa shape index (κ1) is 19.2. The van der Waals surface area contributed by atoms with Gasteiger partial charge in [-0.05, 0) is 42.8 Å². The Bertz CT molecular complexity index is 984. The number of carbonyl (C=O) groups excluding carboxylic acids is 1. The number of carbonyl (C=O) groups is 1. The fourth-order valence-electron chi connectivity index (χ4n) is 2.68. The molecule has 1 heterocycles. The molecule has 0 saturated carbocycles. The summed E-state index contributed by atoms with van der Waals surface area (Å²) in [6.07, 6.45) is 0. The zero-order valence-electron chi connectivity index (χ0n) is 16.2. The highest BCUT2D eigenvalue weighted by atomic mass is 16.5. The van der Waals surface area contributed by atoms with Gasteiger partial charge in [-0.3, -0.25) is 4.79 Å². The van der Waals surface area contributed by atoms with E-state index in [0.717, 1.165) is 22.5 Å². The Hall–Kier alpha value is -3.55. The van der Waals surface area contributed by atoms with E-state index in [1.54, 1.807) is 26.4 Å². The number of rotatable bonds is 7. The summed E-state index contributed by atoms with van der Waals surface area (Å²) in [5.41, 5.74) is 3.39. The monoisotopic (exact) mass is 382 g/mol.